The van der Waals surface area contributed by atoms with Crippen LogP contribution in [0.3, 0.4) is 0 Å². The maximum Gasteiger partial charge on any atom is 0.363 e. The molecule has 2 atom stereocenters. The summed E-state index contributed by atoms with van der Waals surface area (Å²) in [6, 6.07) is 19.0. The van der Waals surface area contributed by atoms with Crippen LogP contribution in [0.5, 0.6) is 0 Å². The third-order valence-electron chi connectivity index (χ3n) is 4.25. The fourth-order valence-electron chi connectivity index (χ4n) is 2.61. The second-order valence-corrected chi connectivity index (χ2v) is 13.6. The van der Waals surface area contributed by atoms with E-state index in [2.05, 4.69) is 0 Å². The van der Waals surface area contributed by atoms with Gasteiger partial charge in [0.05, 0.1) is 0 Å². The molecule has 0 heterocycles. The van der Waals surface area contributed by atoms with Gasteiger partial charge in [-0.15, -0.1) is 0 Å². The molecular weight excluding hydrogens is 320 g/mol. The summed E-state index contributed by atoms with van der Waals surface area (Å²) in [6.45, 7) is 7.83. The lowest BCUT2D eigenvalue weighted by atomic mass is 10.4. The predicted molar refractivity (Wildman–Crippen MR) is 99.4 cm³/mol. The van der Waals surface area contributed by atoms with Crippen LogP contribution in [0.4, 0.5) is 0 Å². The quantitative estimate of drug-likeness (QED) is 0.790. The largest absolute Gasteiger partial charge is 0.408 e. The second-order valence-electron chi connectivity index (χ2n) is 6.54. The third kappa shape index (κ3) is 3.64. The Kier molecular flexibility index (Phi) is 5.59. The van der Waals surface area contributed by atoms with E-state index in [1.54, 1.807) is 0 Å². The molecule has 0 aliphatic carbocycles. The molecule has 0 amide bonds. The van der Waals surface area contributed by atoms with E-state index >= 15 is 0 Å². The Bertz CT molecular complexity index is 563. The van der Waals surface area contributed by atoms with Crippen molar-refractivity contribution in [3.8, 4) is 0 Å². The number of hydrogen-bond donors (Lipinski definition) is 2. The minimum absolute atomic E-state index is 0.0635. The highest BCUT2D eigenvalue weighted by Crippen LogP contribution is 2.28. The SMILES string of the molecule is CC(C)[Si@@](O)(O[Si@](O)(c1ccccc1)C(C)C)c1ccccc1. The summed E-state index contributed by atoms with van der Waals surface area (Å²) in [5.74, 6) is 0. The average Bonchev–Trinajstić information content (AvgIpc) is 2.56. The lowest BCUT2D eigenvalue weighted by Crippen LogP contribution is -2.66. The molecule has 0 radical (unpaired) electrons. The molecule has 2 aromatic rings. The van der Waals surface area contributed by atoms with Gasteiger partial charge in [-0.2, -0.15) is 0 Å². The molecule has 0 saturated heterocycles. The van der Waals surface area contributed by atoms with Gasteiger partial charge in [0.1, 0.15) is 0 Å². The molecule has 2 N–H and O–H groups in total. The molecule has 23 heavy (non-hydrogen) atoms. The fraction of sp³-hybridized carbons (Fsp3) is 0.333. The van der Waals surface area contributed by atoms with Gasteiger partial charge in [0.25, 0.3) is 0 Å². The molecule has 0 spiro atoms. The summed E-state index contributed by atoms with van der Waals surface area (Å²) in [5, 5.41) is 1.61. The lowest BCUT2D eigenvalue weighted by molar-refractivity contribution is 0.304. The first-order valence-corrected chi connectivity index (χ1v) is 11.9. The van der Waals surface area contributed by atoms with Crippen LogP contribution < -0.4 is 10.4 Å². The van der Waals surface area contributed by atoms with Crippen molar-refractivity contribution in [2.75, 3.05) is 0 Å². The summed E-state index contributed by atoms with van der Waals surface area (Å²) in [7, 11) is -6.54. The smallest absolute Gasteiger partial charge is 0.363 e. The molecule has 0 aromatic heterocycles. The predicted octanol–water partition coefficient (Wildman–Crippen LogP) is 2.51. The van der Waals surface area contributed by atoms with Crippen molar-refractivity contribution in [2.45, 2.75) is 38.8 Å². The Morgan fingerprint density at radius 3 is 1.22 bits per heavy atom. The third-order valence-corrected chi connectivity index (χ3v) is 12.2. The molecule has 2 rings (SSSR count). The van der Waals surface area contributed by atoms with Crippen LogP contribution >= 0.6 is 0 Å². The van der Waals surface area contributed by atoms with Crippen molar-refractivity contribution in [1.82, 2.24) is 0 Å². The van der Waals surface area contributed by atoms with Crippen LogP contribution in [0.2, 0.25) is 11.1 Å². The van der Waals surface area contributed by atoms with Gasteiger partial charge in [-0.3, -0.25) is 0 Å². The van der Waals surface area contributed by atoms with E-state index in [1.807, 2.05) is 88.4 Å². The second kappa shape index (κ2) is 7.11. The molecule has 124 valence electrons. The van der Waals surface area contributed by atoms with Gasteiger partial charge >= 0.3 is 17.1 Å². The highest BCUT2D eigenvalue weighted by atomic mass is 28.5. The van der Waals surface area contributed by atoms with E-state index in [4.69, 9.17) is 4.12 Å². The zero-order chi connectivity index (χ0) is 17.1. The number of rotatable bonds is 6. The molecule has 0 fully saturated rings. The van der Waals surface area contributed by atoms with Crippen LogP contribution in [0, 0.1) is 0 Å². The van der Waals surface area contributed by atoms with Crippen molar-refractivity contribution in [3.05, 3.63) is 60.7 Å². The van der Waals surface area contributed by atoms with Gasteiger partial charge in [0.2, 0.25) is 0 Å². The summed E-state index contributed by atoms with van der Waals surface area (Å²) < 4.78 is 6.31. The molecule has 0 aliphatic rings. The maximum absolute atomic E-state index is 11.4. The van der Waals surface area contributed by atoms with Gasteiger partial charge in [-0.1, -0.05) is 88.4 Å². The zero-order valence-corrected chi connectivity index (χ0v) is 16.2. The first-order chi connectivity index (χ1) is 10.8. The molecule has 0 bridgehead atoms. The first-order valence-electron chi connectivity index (χ1n) is 8.06. The Balaban J connectivity index is 2.49. The van der Waals surface area contributed by atoms with Crippen LogP contribution in [0.1, 0.15) is 27.7 Å². The van der Waals surface area contributed by atoms with Gasteiger partial charge in [-0.05, 0) is 10.4 Å². The van der Waals surface area contributed by atoms with Crippen molar-refractivity contribution >= 4 is 27.5 Å². The molecule has 0 aliphatic heterocycles. The van der Waals surface area contributed by atoms with Crippen molar-refractivity contribution in [3.63, 3.8) is 0 Å². The summed E-state index contributed by atoms with van der Waals surface area (Å²) in [6.07, 6.45) is 0. The van der Waals surface area contributed by atoms with E-state index in [0.717, 1.165) is 10.4 Å². The highest BCUT2D eigenvalue weighted by molar-refractivity contribution is 6.93. The normalized spacial score (nSPS) is 17.0. The fourth-order valence-corrected chi connectivity index (χ4v) is 10.0. The zero-order valence-electron chi connectivity index (χ0n) is 14.2. The minimum Gasteiger partial charge on any atom is -0.408 e. The molecular formula is C18H26O3Si2. The van der Waals surface area contributed by atoms with E-state index in [9.17, 15) is 9.59 Å². The van der Waals surface area contributed by atoms with Crippen molar-refractivity contribution < 1.29 is 13.7 Å². The Hall–Kier alpha value is -1.25. The van der Waals surface area contributed by atoms with Gasteiger partial charge in [0, 0.05) is 11.1 Å². The van der Waals surface area contributed by atoms with Crippen LogP contribution in [0.15, 0.2) is 60.7 Å². The van der Waals surface area contributed by atoms with E-state index in [1.165, 1.54) is 0 Å². The molecule has 3 nitrogen and oxygen atoms in total. The monoisotopic (exact) mass is 346 g/mol. The summed E-state index contributed by atoms with van der Waals surface area (Å²) >= 11 is 0. The number of benzene rings is 2. The topological polar surface area (TPSA) is 49.7 Å². The number of hydrogen-bond acceptors (Lipinski definition) is 3. The Morgan fingerprint density at radius 2 is 0.957 bits per heavy atom. The van der Waals surface area contributed by atoms with E-state index < -0.39 is 17.1 Å². The average molecular weight is 347 g/mol. The van der Waals surface area contributed by atoms with Crippen LogP contribution in [-0.2, 0) is 4.12 Å². The van der Waals surface area contributed by atoms with Crippen molar-refractivity contribution in [2.24, 2.45) is 0 Å². The molecule has 5 heteroatoms. The molecule has 0 unspecified atom stereocenters. The maximum atomic E-state index is 11.4. The first kappa shape index (κ1) is 18.1. The summed E-state index contributed by atoms with van der Waals surface area (Å²) in [5.41, 5.74) is -0.127. The Labute approximate surface area is 141 Å². The standard InChI is InChI=1S/C18H26O3Si2/c1-15(2)22(19,17-11-7-5-8-12-17)21-23(20,16(3)4)18-13-9-6-10-14-18/h5-16,19-20H,1-4H3/t22-,23+. The van der Waals surface area contributed by atoms with Crippen LogP contribution in [-0.4, -0.2) is 26.7 Å². The lowest BCUT2D eigenvalue weighted by Gasteiger charge is -2.39. The highest BCUT2D eigenvalue weighted by Gasteiger charge is 2.51. The van der Waals surface area contributed by atoms with E-state index in [0.29, 0.717) is 0 Å². The Morgan fingerprint density at radius 1 is 0.652 bits per heavy atom. The van der Waals surface area contributed by atoms with Gasteiger partial charge in [0.15, 0.2) is 0 Å². The van der Waals surface area contributed by atoms with Gasteiger partial charge in [-0.25, -0.2) is 0 Å². The van der Waals surface area contributed by atoms with E-state index in [-0.39, 0.29) is 11.1 Å². The summed E-state index contributed by atoms with van der Waals surface area (Å²) in [4.78, 5) is 22.8. The van der Waals surface area contributed by atoms with Crippen molar-refractivity contribution in [1.29, 1.82) is 0 Å². The molecule has 2 aromatic carbocycles. The molecule has 0 saturated carbocycles. The van der Waals surface area contributed by atoms with Crippen LogP contribution in [0.25, 0.3) is 0 Å². The van der Waals surface area contributed by atoms with Gasteiger partial charge < -0.3 is 13.7 Å². The minimum atomic E-state index is -3.27.